The van der Waals surface area contributed by atoms with E-state index in [1.54, 1.807) is 10.8 Å². The Labute approximate surface area is 113 Å². The van der Waals surface area contributed by atoms with Gasteiger partial charge in [-0.2, -0.15) is 0 Å². The molecule has 0 radical (unpaired) electrons. The summed E-state index contributed by atoms with van der Waals surface area (Å²) in [6.07, 6.45) is 0.864. The molecule has 0 amide bonds. The number of hydrogen-bond donors (Lipinski definition) is 2. The van der Waals surface area contributed by atoms with Gasteiger partial charge in [-0.15, -0.1) is 5.10 Å². The topological polar surface area (TPSA) is 83.5 Å². The van der Waals surface area contributed by atoms with Crippen LogP contribution in [0.1, 0.15) is 0 Å². The molecular weight excluding hydrogens is 264 g/mol. The Morgan fingerprint density at radius 2 is 2.16 bits per heavy atom. The smallest absolute Gasteiger partial charge is 0.209 e. The maximum absolute atomic E-state index is 9.32. The predicted octanol–water partition coefficient (Wildman–Crippen LogP) is 0.723. The van der Waals surface area contributed by atoms with Crippen molar-refractivity contribution in [2.45, 2.75) is 11.3 Å². The zero-order chi connectivity index (χ0) is 13.2. The Morgan fingerprint density at radius 1 is 1.32 bits per heavy atom. The van der Waals surface area contributed by atoms with E-state index in [0.29, 0.717) is 10.9 Å². The zero-order valence-corrected chi connectivity index (χ0v) is 10.8. The molecule has 2 aromatic heterocycles. The van der Waals surface area contributed by atoms with Gasteiger partial charge in [-0.25, -0.2) is 14.5 Å². The van der Waals surface area contributed by atoms with Crippen molar-refractivity contribution in [2.75, 3.05) is 12.4 Å². The number of hydrogen-bond acceptors (Lipinski definition) is 6. The molecule has 1 atom stereocenters. The van der Waals surface area contributed by atoms with Gasteiger partial charge >= 0.3 is 0 Å². The van der Waals surface area contributed by atoms with Crippen molar-refractivity contribution in [3.8, 4) is 0 Å². The van der Waals surface area contributed by atoms with Gasteiger partial charge in [0.1, 0.15) is 6.33 Å². The van der Waals surface area contributed by atoms with Crippen LogP contribution in [-0.4, -0.2) is 48.3 Å². The molecule has 0 spiro atoms. The third-order valence-corrected chi connectivity index (χ3v) is 3.66. The monoisotopic (exact) mass is 276 g/mol. The minimum Gasteiger partial charge on any atom is -0.394 e. The lowest BCUT2D eigenvalue weighted by molar-refractivity contribution is 0.113. The van der Waals surface area contributed by atoms with Gasteiger partial charge in [0.25, 0.3) is 0 Å². The number of benzene rings is 1. The molecule has 0 aliphatic rings. The second-order valence-corrected chi connectivity index (χ2v) is 5.06. The number of nitrogens with zero attached hydrogens (tertiary/aromatic N) is 4. The van der Waals surface area contributed by atoms with Crippen molar-refractivity contribution in [2.24, 2.45) is 0 Å². The number of para-hydroxylation sites is 1. The van der Waals surface area contributed by atoms with E-state index in [0.717, 1.165) is 16.6 Å². The first-order chi connectivity index (χ1) is 9.28. The van der Waals surface area contributed by atoms with E-state index >= 15 is 0 Å². The molecule has 3 rings (SSSR count). The van der Waals surface area contributed by atoms with E-state index in [4.69, 9.17) is 5.11 Å². The van der Waals surface area contributed by atoms with Crippen LogP contribution >= 0.6 is 11.8 Å². The first-order valence-electron chi connectivity index (χ1n) is 5.80. The number of fused-ring (bicyclic) bond motifs is 3. The molecule has 0 fully saturated rings. The van der Waals surface area contributed by atoms with Gasteiger partial charge in [-0.1, -0.05) is 23.9 Å². The van der Waals surface area contributed by atoms with Gasteiger partial charge < -0.3 is 10.2 Å². The Hall–Kier alpha value is -1.70. The fourth-order valence-electron chi connectivity index (χ4n) is 1.74. The summed E-state index contributed by atoms with van der Waals surface area (Å²) >= 11 is 1.31. The van der Waals surface area contributed by atoms with E-state index in [1.807, 2.05) is 24.3 Å². The molecule has 3 aromatic rings. The summed E-state index contributed by atoms with van der Waals surface area (Å²) in [5, 5.41) is 23.9. The van der Waals surface area contributed by atoms with Crippen molar-refractivity contribution in [1.82, 2.24) is 19.6 Å². The fraction of sp³-hybridized carbons (Fsp3) is 0.250. The number of thioether (sulfide) groups is 1. The molecule has 0 bridgehead atoms. The van der Waals surface area contributed by atoms with Crippen LogP contribution in [0.3, 0.4) is 0 Å². The molecule has 98 valence electrons. The van der Waals surface area contributed by atoms with Crippen molar-refractivity contribution < 1.29 is 10.2 Å². The van der Waals surface area contributed by atoms with E-state index in [2.05, 4.69) is 15.1 Å². The van der Waals surface area contributed by atoms with Crippen LogP contribution in [0, 0.1) is 0 Å². The summed E-state index contributed by atoms with van der Waals surface area (Å²) in [6, 6.07) is 7.73. The van der Waals surface area contributed by atoms with Gasteiger partial charge in [0.2, 0.25) is 5.16 Å². The summed E-state index contributed by atoms with van der Waals surface area (Å²) in [5.74, 6) is 0.360. The van der Waals surface area contributed by atoms with Crippen LogP contribution in [0.4, 0.5) is 0 Å². The Balaban J connectivity index is 1.98. The molecule has 0 aliphatic heterocycles. The van der Waals surface area contributed by atoms with E-state index in [9.17, 15) is 5.11 Å². The highest BCUT2D eigenvalue weighted by Crippen LogP contribution is 2.20. The van der Waals surface area contributed by atoms with Gasteiger partial charge in [0, 0.05) is 11.1 Å². The molecule has 0 aliphatic carbocycles. The second-order valence-electron chi connectivity index (χ2n) is 4.07. The molecule has 0 saturated heterocycles. The van der Waals surface area contributed by atoms with E-state index in [-0.39, 0.29) is 6.61 Å². The molecular formula is C12H12N4O2S. The predicted molar refractivity (Wildman–Crippen MR) is 72.1 cm³/mol. The van der Waals surface area contributed by atoms with Crippen molar-refractivity contribution in [3.63, 3.8) is 0 Å². The third kappa shape index (κ3) is 2.40. The molecule has 0 unspecified atom stereocenters. The molecule has 1 aromatic carbocycles. The normalized spacial score (nSPS) is 13.2. The minimum absolute atomic E-state index is 0.259. The highest BCUT2D eigenvalue weighted by atomic mass is 32.2. The van der Waals surface area contributed by atoms with Crippen LogP contribution in [0.15, 0.2) is 35.7 Å². The Kier molecular flexibility index (Phi) is 3.33. The lowest BCUT2D eigenvalue weighted by Crippen LogP contribution is -2.14. The molecule has 2 N–H and O–H groups in total. The van der Waals surface area contributed by atoms with Crippen LogP contribution in [-0.2, 0) is 0 Å². The fourth-order valence-corrected chi connectivity index (χ4v) is 2.49. The molecule has 6 nitrogen and oxygen atoms in total. The van der Waals surface area contributed by atoms with Crippen molar-refractivity contribution >= 4 is 28.3 Å². The lowest BCUT2D eigenvalue weighted by Gasteiger charge is -2.02. The Morgan fingerprint density at radius 3 is 3.00 bits per heavy atom. The number of aliphatic hydroxyl groups excluding tert-OH is 2. The Bertz CT molecular complexity index is 715. The summed E-state index contributed by atoms with van der Waals surface area (Å²) in [7, 11) is 0. The summed E-state index contributed by atoms with van der Waals surface area (Å²) in [4.78, 5) is 8.73. The third-order valence-electron chi connectivity index (χ3n) is 2.68. The maximum Gasteiger partial charge on any atom is 0.209 e. The quantitative estimate of drug-likeness (QED) is 0.683. The van der Waals surface area contributed by atoms with Gasteiger partial charge in [-0.05, 0) is 12.1 Å². The van der Waals surface area contributed by atoms with Crippen molar-refractivity contribution in [3.05, 3.63) is 30.6 Å². The summed E-state index contributed by atoms with van der Waals surface area (Å²) < 4.78 is 1.62. The van der Waals surface area contributed by atoms with Crippen LogP contribution < -0.4 is 0 Å². The molecule has 7 heteroatoms. The SMILES string of the molecule is OC[C@@H](O)CSc1nc2c3ccccc3ncn2n1. The molecule has 2 heterocycles. The largest absolute Gasteiger partial charge is 0.394 e. The highest BCUT2D eigenvalue weighted by molar-refractivity contribution is 7.99. The van der Waals surface area contributed by atoms with Crippen LogP contribution in [0.2, 0.25) is 0 Å². The van der Waals surface area contributed by atoms with Gasteiger partial charge in [0.15, 0.2) is 5.65 Å². The number of aromatic nitrogens is 4. The first-order valence-corrected chi connectivity index (χ1v) is 6.78. The van der Waals surface area contributed by atoms with E-state index in [1.165, 1.54) is 11.8 Å². The zero-order valence-electron chi connectivity index (χ0n) is 9.97. The van der Waals surface area contributed by atoms with Crippen LogP contribution in [0.5, 0.6) is 0 Å². The standard InChI is InChI=1S/C12H12N4O2S/c17-5-8(18)6-19-12-14-11-9-3-1-2-4-10(9)13-7-16(11)15-12/h1-4,7-8,17-18H,5-6H2/t8-/m1/s1. The summed E-state index contributed by atoms with van der Waals surface area (Å²) in [5.41, 5.74) is 1.61. The minimum atomic E-state index is -0.758. The van der Waals surface area contributed by atoms with Crippen molar-refractivity contribution in [1.29, 1.82) is 0 Å². The maximum atomic E-state index is 9.32. The number of aliphatic hydroxyl groups is 2. The van der Waals surface area contributed by atoms with E-state index < -0.39 is 6.10 Å². The lowest BCUT2D eigenvalue weighted by atomic mass is 10.2. The van der Waals surface area contributed by atoms with Gasteiger partial charge in [0.05, 0.1) is 18.2 Å². The van der Waals surface area contributed by atoms with Crippen LogP contribution in [0.25, 0.3) is 16.6 Å². The highest BCUT2D eigenvalue weighted by Gasteiger charge is 2.10. The second kappa shape index (κ2) is 5.12. The first kappa shape index (κ1) is 12.3. The average molecular weight is 276 g/mol. The molecule has 0 saturated carbocycles. The summed E-state index contributed by atoms with van der Waals surface area (Å²) in [6.45, 7) is -0.259. The average Bonchev–Trinajstić information content (AvgIpc) is 2.88. The molecule has 19 heavy (non-hydrogen) atoms. The number of rotatable bonds is 4. The van der Waals surface area contributed by atoms with Gasteiger partial charge in [-0.3, -0.25) is 0 Å².